The summed E-state index contributed by atoms with van der Waals surface area (Å²) in [6.07, 6.45) is 8.55. The average Bonchev–Trinajstić information content (AvgIpc) is 2.01. The average molecular weight is 198 g/mol. The fourth-order valence-corrected chi connectivity index (χ4v) is 1.42. The fraction of sp³-hybridized carbons (Fsp3) is 0.750. The van der Waals surface area contributed by atoms with E-state index in [1.807, 2.05) is 20.8 Å². The SMILES string of the molecule is C/C=C/CCCCC(C)(C)OC(C)=O. The summed E-state index contributed by atoms with van der Waals surface area (Å²) >= 11 is 0. The van der Waals surface area contributed by atoms with Gasteiger partial charge in [-0.15, -0.1) is 0 Å². The maximum Gasteiger partial charge on any atom is 0.303 e. The van der Waals surface area contributed by atoms with Crippen molar-refractivity contribution < 1.29 is 9.53 Å². The molecule has 0 fully saturated rings. The Morgan fingerprint density at radius 2 is 2.00 bits per heavy atom. The summed E-state index contributed by atoms with van der Waals surface area (Å²) in [4.78, 5) is 10.8. The lowest BCUT2D eigenvalue weighted by Gasteiger charge is -2.24. The molecule has 0 aromatic heterocycles. The Balaban J connectivity index is 3.60. The Labute approximate surface area is 87.3 Å². The van der Waals surface area contributed by atoms with Crippen LogP contribution < -0.4 is 0 Å². The van der Waals surface area contributed by atoms with Gasteiger partial charge in [0.1, 0.15) is 5.60 Å². The zero-order valence-electron chi connectivity index (χ0n) is 9.80. The predicted molar refractivity (Wildman–Crippen MR) is 59.1 cm³/mol. The number of esters is 1. The number of carbonyl (C=O) groups excluding carboxylic acids is 1. The molecule has 0 aliphatic heterocycles. The van der Waals surface area contributed by atoms with Crippen LogP contribution in [0.2, 0.25) is 0 Å². The molecule has 0 unspecified atom stereocenters. The highest BCUT2D eigenvalue weighted by molar-refractivity contribution is 5.66. The van der Waals surface area contributed by atoms with Gasteiger partial charge < -0.3 is 4.74 Å². The molecule has 0 amide bonds. The van der Waals surface area contributed by atoms with Gasteiger partial charge in [-0.25, -0.2) is 0 Å². The minimum atomic E-state index is -0.304. The van der Waals surface area contributed by atoms with E-state index in [2.05, 4.69) is 12.2 Å². The normalized spacial score (nSPS) is 12.0. The summed E-state index contributed by atoms with van der Waals surface area (Å²) in [5, 5.41) is 0. The molecule has 0 radical (unpaired) electrons. The summed E-state index contributed by atoms with van der Waals surface area (Å²) in [5.41, 5.74) is -0.304. The van der Waals surface area contributed by atoms with Crippen molar-refractivity contribution >= 4 is 5.97 Å². The second kappa shape index (κ2) is 6.63. The molecule has 0 atom stereocenters. The summed E-state index contributed by atoms with van der Waals surface area (Å²) in [6.45, 7) is 7.42. The van der Waals surface area contributed by atoms with Crippen molar-refractivity contribution in [3.63, 3.8) is 0 Å². The number of hydrogen-bond donors (Lipinski definition) is 0. The van der Waals surface area contributed by atoms with Crippen LogP contribution in [0.25, 0.3) is 0 Å². The number of carbonyl (C=O) groups is 1. The van der Waals surface area contributed by atoms with Gasteiger partial charge in [0.15, 0.2) is 0 Å². The van der Waals surface area contributed by atoms with Crippen molar-refractivity contribution in [3.8, 4) is 0 Å². The Bertz CT molecular complexity index is 192. The van der Waals surface area contributed by atoms with E-state index >= 15 is 0 Å². The predicted octanol–water partition coefficient (Wildman–Crippen LogP) is 3.46. The van der Waals surface area contributed by atoms with E-state index in [9.17, 15) is 4.79 Å². The van der Waals surface area contributed by atoms with Gasteiger partial charge in [0.05, 0.1) is 0 Å². The molecule has 2 heteroatoms. The van der Waals surface area contributed by atoms with Crippen LogP contribution >= 0.6 is 0 Å². The molecule has 0 aromatic rings. The Morgan fingerprint density at radius 1 is 1.36 bits per heavy atom. The molecule has 82 valence electrons. The molecule has 0 bridgehead atoms. The number of ether oxygens (including phenoxy) is 1. The minimum absolute atomic E-state index is 0.191. The number of rotatable bonds is 6. The molecular formula is C12H22O2. The van der Waals surface area contributed by atoms with Crippen LogP contribution in [-0.4, -0.2) is 11.6 Å². The summed E-state index contributed by atoms with van der Waals surface area (Å²) in [5.74, 6) is -0.191. The highest BCUT2D eigenvalue weighted by Crippen LogP contribution is 2.18. The largest absolute Gasteiger partial charge is 0.460 e. The molecule has 0 aliphatic carbocycles. The van der Waals surface area contributed by atoms with E-state index in [1.54, 1.807) is 0 Å². The zero-order valence-corrected chi connectivity index (χ0v) is 9.80. The first-order chi connectivity index (χ1) is 6.48. The summed E-state index contributed by atoms with van der Waals surface area (Å²) in [6, 6.07) is 0. The molecule has 0 rings (SSSR count). The van der Waals surface area contributed by atoms with Crippen molar-refractivity contribution in [2.75, 3.05) is 0 Å². The van der Waals surface area contributed by atoms with E-state index in [4.69, 9.17) is 4.74 Å². The monoisotopic (exact) mass is 198 g/mol. The Hall–Kier alpha value is -0.790. The summed E-state index contributed by atoms with van der Waals surface area (Å²) < 4.78 is 5.19. The van der Waals surface area contributed by atoms with E-state index in [0.717, 1.165) is 25.7 Å². The third-order valence-corrected chi connectivity index (χ3v) is 2.06. The fourth-order valence-electron chi connectivity index (χ4n) is 1.42. The molecule has 0 saturated heterocycles. The van der Waals surface area contributed by atoms with Crippen molar-refractivity contribution in [1.29, 1.82) is 0 Å². The second-order valence-corrected chi connectivity index (χ2v) is 4.17. The quantitative estimate of drug-likeness (QED) is 0.371. The van der Waals surface area contributed by atoms with Gasteiger partial charge in [0.2, 0.25) is 0 Å². The van der Waals surface area contributed by atoms with E-state index in [1.165, 1.54) is 6.92 Å². The van der Waals surface area contributed by atoms with E-state index in [-0.39, 0.29) is 11.6 Å². The number of hydrogen-bond acceptors (Lipinski definition) is 2. The number of allylic oxidation sites excluding steroid dienone is 2. The van der Waals surface area contributed by atoms with Crippen molar-refractivity contribution in [1.82, 2.24) is 0 Å². The maximum absolute atomic E-state index is 10.8. The first kappa shape index (κ1) is 13.2. The van der Waals surface area contributed by atoms with Gasteiger partial charge in [-0.3, -0.25) is 4.79 Å². The first-order valence-corrected chi connectivity index (χ1v) is 5.28. The van der Waals surface area contributed by atoms with Gasteiger partial charge in [0, 0.05) is 6.92 Å². The van der Waals surface area contributed by atoms with Crippen LogP contribution in [0.4, 0.5) is 0 Å². The first-order valence-electron chi connectivity index (χ1n) is 5.28. The van der Waals surface area contributed by atoms with Gasteiger partial charge in [-0.2, -0.15) is 0 Å². The van der Waals surface area contributed by atoms with Crippen molar-refractivity contribution in [3.05, 3.63) is 12.2 Å². The minimum Gasteiger partial charge on any atom is -0.460 e. The molecule has 0 aliphatic rings. The third kappa shape index (κ3) is 7.84. The smallest absolute Gasteiger partial charge is 0.303 e. The molecular weight excluding hydrogens is 176 g/mol. The number of unbranched alkanes of at least 4 members (excludes halogenated alkanes) is 2. The topological polar surface area (TPSA) is 26.3 Å². The third-order valence-electron chi connectivity index (χ3n) is 2.06. The highest BCUT2D eigenvalue weighted by Gasteiger charge is 2.19. The van der Waals surface area contributed by atoms with Crippen LogP contribution in [0, 0.1) is 0 Å². The van der Waals surface area contributed by atoms with Crippen LogP contribution in [0.1, 0.15) is 53.4 Å². The second-order valence-electron chi connectivity index (χ2n) is 4.17. The van der Waals surface area contributed by atoms with Crippen LogP contribution in [0.3, 0.4) is 0 Å². The highest BCUT2D eigenvalue weighted by atomic mass is 16.6. The molecule has 14 heavy (non-hydrogen) atoms. The van der Waals surface area contributed by atoms with Gasteiger partial charge >= 0.3 is 5.97 Å². The molecule has 0 aromatic carbocycles. The lowest BCUT2D eigenvalue weighted by atomic mass is 10.0. The van der Waals surface area contributed by atoms with Crippen molar-refractivity contribution in [2.45, 2.75) is 59.0 Å². The van der Waals surface area contributed by atoms with E-state index < -0.39 is 0 Å². The van der Waals surface area contributed by atoms with Crippen molar-refractivity contribution in [2.24, 2.45) is 0 Å². The van der Waals surface area contributed by atoms with Crippen LogP contribution in [0.5, 0.6) is 0 Å². The molecule has 0 heterocycles. The van der Waals surface area contributed by atoms with E-state index in [0.29, 0.717) is 0 Å². The van der Waals surface area contributed by atoms with Gasteiger partial charge in [-0.05, 0) is 46.5 Å². The standard InChI is InChI=1S/C12H22O2/c1-5-6-7-8-9-10-12(3,4)14-11(2)13/h5-6H,7-10H2,1-4H3/b6-5+. The summed E-state index contributed by atoms with van der Waals surface area (Å²) in [7, 11) is 0. The Kier molecular flexibility index (Phi) is 6.26. The zero-order chi connectivity index (χ0) is 11.0. The van der Waals surface area contributed by atoms with Gasteiger partial charge in [-0.1, -0.05) is 12.2 Å². The maximum atomic E-state index is 10.8. The Morgan fingerprint density at radius 3 is 2.50 bits per heavy atom. The molecule has 0 saturated carbocycles. The molecule has 0 spiro atoms. The lowest BCUT2D eigenvalue weighted by molar-refractivity contribution is -0.154. The van der Waals surface area contributed by atoms with Crippen LogP contribution in [0.15, 0.2) is 12.2 Å². The molecule has 0 N–H and O–H groups in total. The lowest BCUT2D eigenvalue weighted by Crippen LogP contribution is -2.26. The van der Waals surface area contributed by atoms with Gasteiger partial charge in [0.25, 0.3) is 0 Å². The molecule has 2 nitrogen and oxygen atoms in total. The van der Waals surface area contributed by atoms with Crippen LogP contribution in [-0.2, 0) is 9.53 Å².